The molecule has 2 aromatic rings. The number of carbonyl (C=O) groups is 1. The van der Waals surface area contributed by atoms with Gasteiger partial charge < -0.3 is 15.3 Å². The SMILES string of the molecule is C=CC.CCn1nc(Cc2ccccc2)cc1C1CCN(C[C@@H]2CCC([N-]C(C(=O)O)C(C)C)C2)CC1.[K+]. The Kier molecular flexibility index (Phi) is 15.0. The Morgan fingerprint density at radius 3 is 2.42 bits per heavy atom. The molecular formula is C31H47KN4O2. The quantitative estimate of drug-likeness (QED) is 0.366. The van der Waals surface area contributed by atoms with E-state index in [0.29, 0.717) is 11.8 Å². The largest absolute Gasteiger partial charge is 1.00 e. The fourth-order valence-corrected chi connectivity index (χ4v) is 5.83. The molecule has 38 heavy (non-hydrogen) atoms. The van der Waals surface area contributed by atoms with E-state index in [9.17, 15) is 9.90 Å². The molecule has 204 valence electrons. The Morgan fingerprint density at radius 1 is 1.18 bits per heavy atom. The van der Waals surface area contributed by atoms with Crippen molar-refractivity contribution in [1.29, 1.82) is 0 Å². The third-order valence-corrected chi connectivity index (χ3v) is 7.68. The first-order chi connectivity index (χ1) is 17.8. The average molecular weight is 547 g/mol. The van der Waals surface area contributed by atoms with Crippen molar-refractivity contribution >= 4 is 5.97 Å². The number of hydrogen-bond acceptors (Lipinski definition) is 3. The minimum Gasteiger partial charge on any atom is -0.647 e. The Labute approximate surface area is 273 Å². The van der Waals surface area contributed by atoms with Crippen LogP contribution >= 0.6 is 0 Å². The first-order valence-corrected chi connectivity index (χ1v) is 14.2. The molecule has 1 aliphatic carbocycles. The summed E-state index contributed by atoms with van der Waals surface area (Å²) in [6.45, 7) is 15.7. The predicted octanol–water partition coefficient (Wildman–Crippen LogP) is 3.52. The van der Waals surface area contributed by atoms with E-state index in [-0.39, 0.29) is 63.3 Å². The van der Waals surface area contributed by atoms with Gasteiger partial charge in [0.2, 0.25) is 0 Å². The predicted molar refractivity (Wildman–Crippen MR) is 152 cm³/mol. The number of aryl methyl sites for hydroxylation is 1. The summed E-state index contributed by atoms with van der Waals surface area (Å²) in [5.41, 5.74) is 3.89. The molecule has 6 nitrogen and oxygen atoms in total. The minimum absolute atomic E-state index is 0. The second-order valence-electron chi connectivity index (χ2n) is 11.0. The van der Waals surface area contributed by atoms with E-state index >= 15 is 0 Å². The summed E-state index contributed by atoms with van der Waals surface area (Å²) in [7, 11) is 0. The van der Waals surface area contributed by atoms with Gasteiger partial charge in [-0.25, -0.2) is 0 Å². The zero-order valence-corrected chi connectivity index (χ0v) is 27.5. The summed E-state index contributed by atoms with van der Waals surface area (Å²) in [4.78, 5) is 14.1. The van der Waals surface area contributed by atoms with Crippen LogP contribution < -0.4 is 51.4 Å². The monoisotopic (exact) mass is 546 g/mol. The number of allylic oxidation sites excluding steroid dienone is 1. The van der Waals surface area contributed by atoms with Gasteiger partial charge in [-0.15, -0.1) is 12.6 Å². The summed E-state index contributed by atoms with van der Waals surface area (Å²) >= 11 is 0. The Balaban J connectivity index is 0.00000121. The van der Waals surface area contributed by atoms with Crippen molar-refractivity contribution in [3.63, 3.8) is 0 Å². The van der Waals surface area contributed by atoms with Gasteiger partial charge in [0, 0.05) is 31.1 Å². The summed E-state index contributed by atoms with van der Waals surface area (Å²) in [6.07, 6.45) is 8.27. The first kappa shape index (κ1) is 33.4. The molecule has 0 spiro atoms. The smallest absolute Gasteiger partial charge is 0.647 e. The molecule has 7 heteroatoms. The van der Waals surface area contributed by atoms with Crippen molar-refractivity contribution in [3.8, 4) is 0 Å². The molecule has 4 rings (SSSR count). The number of nitrogens with zero attached hydrogens (tertiary/aromatic N) is 4. The van der Waals surface area contributed by atoms with Crippen LogP contribution in [0.1, 0.15) is 82.7 Å². The second kappa shape index (κ2) is 17.1. The molecule has 0 radical (unpaired) electrons. The summed E-state index contributed by atoms with van der Waals surface area (Å²) in [6, 6.07) is 12.6. The molecule has 1 N–H and O–H groups in total. The fourth-order valence-electron chi connectivity index (χ4n) is 5.83. The zero-order chi connectivity index (χ0) is 26.8. The van der Waals surface area contributed by atoms with Crippen LogP contribution in [0, 0.1) is 11.8 Å². The summed E-state index contributed by atoms with van der Waals surface area (Å²) < 4.78 is 2.22. The topological polar surface area (TPSA) is 72.5 Å². The normalized spacial score (nSPS) is 20.9. The molecule has 1 saturated heterocycles. The zero-order valence-electron chi connectivity index (χ0n) is 24.4. The molecule has 2 unspecified atom stereocenters. The molecule has 1 aliphatic heterocycles. The number of aliphatic carboxylic acids is 1. The van der Waals surface area contributed by atoms with Gasteiger partial charge in [0.25, 0.3) is 5.97 Å². The second-order valence-corrected chi connectivity index (χ2v) is 11.0. The van der Waals surface area contributed by atoms with Crippen LogP contribution in [0.4, 0.5) is 0 Å². The third kappa shape index (κ3) is 9.99. The van der Waals surface area contributed by atoms with Crippen LogP contribution in [0.15, 0.2) is 49.1 Å². The van der Waals surface area contributed by atoms with Crippen molar-refractivity contribution in [2.24, 2.45) is 11.8 Å². The first-order valence-electron chi connectivity index (χ1n) is 14.2. The molecule has 1 saturated carbocycles. The van der Waals surface area contributed by atoms with Gasteiger partial charge in [-0.2, -0.15) is 5.10 Å². The van der Waals surface area contributed by atoms with Crippen molar-refractivity contribution in [1.82, 2.24) is 14.7 Å². The number of aromatic nitrogens is 2. The van der Waals surface area contributed by atoms with Crippen LogP contribution in [0.25, 0.3) is 5.32 Å². The molecular weight excluding hydrogens is 499 g/mol. The number of hydrogen-bond donors (Lipinski definition) is 1. The maximum Gasteiger partial charge on any atom is 1.00 e. The maximum atomic E-state index is 11.5. The molecule has 0 bridgehead atoms. The van der Waals surface area contributed by atoms with E-state index in [2.05, 4.69) is 59.5 Å². The molecule has 1 aromatic heterocycles. The standard InChI is InChI=1S/C28H41N4O2.C3H6.K/c1-4-32-26(18-25(30-32)16-21-8-6-5-7-9-21)23-12-14-31(15-13-23)19-22-10-11-24(17-22)29-27(20(2)3)28(33)34;1-3-2;/h5-9,18,20,22-24,27H,4,10-17,19H2,1-3H3,(H,33,34);3H,1H2,2H3;/q-1;;+1/t22-,24?,27?;;/m1../s1. The van der Waals surface area contributed by atoms with Gasteiger partial charge >= 0.3 is 51.4 Å². The fraction of sp³-hybridized carbons (Fsp3) is 0.613. The Hall–Kier alpha value is -0.804. The third-order valence-electron chi connectivity index (χ3n) is 7.68. The molecule has 0 amide bonds. The number of benzene rings is 1. The van der Waals surface area contributed by atoms with E-state index in [4.69, 9.17) is 10.4 Å². The van der Waals surface area contributed by atoms with Crippen molar-refractivity contribution in [2.45, 2.75) is 90.8 Å². The van der Waals surface area contributed by atoms with Gasteiger partial charge in [0.15, 0.2) is 0 Å². The molecule has 2 aliphatic rings. The molecule has 2 heterocycles. The minimum atomic E-state index is -0.779. The number of likely N-dealkylation sites (tertiary alicyclic amines) is 1. The summed E-state index contributed by atoms with van der Waals surface area (Å²) in [5.74, 6) is 0.506. The number of piperidine rings is 1. The van der Waals surface area contributed by atoms with E-state index in [1.54, 1.807) is 6.08 Å². The Morgan fingerprint density at radius 2 is 1.84 bits per heavy atom. The molecule has 1 aromatic carbocycles. The van der Waals surface area contributed by atoms with Gasteiger partial charge in [0.05, 0.1) is 5.69 Å². The van der Waals surface area contributed by atoms with E-state index in [1.807, 2.05) is 20.8 Å². The maximum absolute atomic E-state index is 11.5. The van der Waals surface area contributed by atoms with E-state index in [0.717, 1.165) is 45.4 Å². The van der Waals surface area contributed by atoms with Crippen LogP contribution in [-0.4, -0.2) is 57.5 Å². The van der Waals surface area contributed by atoms with E-state index < -0.39 is 12.0 Å². The van der Waals surface area contributed by atoms with Crippen molar-refractivity contribution in [2.75, 3.05) is 19.6 Å². The Bertz CT molecular complexity index is 970. The van der Waals surface area contributed by atoms with Crippen molar-refractivity contribution < 1.29 is 61.3 Å². The van der Waals surface area contributed by atoms with E-state index in [1.165, 1.54) is 36.2 Å². The van der Waals surface area contributed by atoms with Gasteiger partial charge in [-0.05, 0) is 63.4 Å². The van der Waals surface area contributed by atoms with Crippen LogP contribution in [0.5, 0.6) is 0 Å². The average Bonchev–Trinajstić information content (AvgIpc) is 3.50. The van der Waals surface area contributed by atoms with Gasteiger partial charge in [-0.3, -0.25) is 9.48 Å². The number of carboxylic acids is 1. The van der Waals surface area contributed by atoms with Gasteiger partial charge in [0.1, 0.15) is 0 Å². The number of rotatable bonds is 10. The summed E-state index contributed by atoms with van der Waals surface area (Å²) in [5, 5.41) is 19.1. The number of carboxylic acid groups (broad SMARTS) is 1. The van der Waals surface area contributed by atoms with Crippen LogP contribution in [0.2, 0.25) is 0 Å². The van der Waals surface area contributed by atoms with Crippen LogP contribution in [0.3, 0.4) is 0 Å². The van der Waals surface area contributed by atoms with Gasteiger partial charge in [-0.1, -0.05) is 75.4 Å². The molecule has 3 atom stereocenters. The van der Waals surface area contributed by atoms with Crippen LogP contribution in [-0.2, 0) is 17.8 Å². The van der Waals surface area contributed by atoms with Crippen molar-refractivity contribution in [3.05, 3.63) is 71.3 Å². The molecule has 2 fully saturated rings.